The normalized spacial score (nSPS) is 12.7. The fourth-order valence-corrected chi connectivity index (χ4v) is 4.36. The third-order valence-electron chi connectivity index (χ3n) is 3.40. The lowest BCUT2D eigenvalue weighted by Crippen LogP contribution is -2.22. The van der Waals surface area contributed by atoms with E-state index in [1.807, 2.05) is 0 Å². The van der Waals surface area contributed by atoms with E-state index < -0.39 is 43.6 Å². The van der Waals surface area contributed by atoms with E-state index in [0.29, 0.717) is 4.88 Å². The molecule has 1 amide bonds. The highest BCUT2D eigenvalue weighted by Crippen LogP contribution is 2.39. The molecule has 29 heavy (non-hydrogen) atoms. The first kappa shape index (κ1) is 23.0. The average molecular weight is 461 g/mol. The number of nitrogens with one attached hydrogen (secondary N) is 1. The van der Waals surface area contributed by atoms with Crippen molar-refractivity contribution in [2.24, 2.45) is 0 Å². The molecule has 0 aliphatic rings. The van der Waals surface area contributed by atoms with Crippen LogP contribution in [0.1, 0.15) is 22.9 Å². The Balaban J connectivity index is 2.30. The summed E-state index contributed by atoms with van der Waals surface area (Å²) < 4.78 is 106. The molecule has 0 unspecified atom stereocenters. The SMILES string of the molecule is CC(=O)NCCc1ccc(S(=O)(=O)Oc2cc(C(F)(F)F)cc(C(F)(F)F)c2)s1. The first-order valence-corrected chi connectivity index (χ1v) is 9.98. The number of carbonyl (C=O) groups is 1. The molecule has 13 heteroatoms. The van der Waals surface area contributed by atoms with Crippen molar-refractivity contribution in [3.05, 3.63) is 46.3 Å². The number of alkyl halides is 6. The van der Waals surface area contributed by atoms with Crippen LogP contribution in [0.15, 0.2) is 34.5 Å². The van der Waals surface area contributed by atoms with Gasteiger partial charge in [-0.3, -0.25) is 4.79 Å². The van der Waals surface area contributed by atoms with Gasteiger partial charge in [-0.1, -0.05) is 0 Å². The van der Waals surface area contributed by atoms with E-state index in [4.69, 9.17) is 0 Å². The lowest BCUT2D eigenvalue weighted by molar-refractivity contribution is -0.143. The number of hydrogen-bond acceptors (Lipinski definition) is 5. The van der Waals surface area contributed by atoms with Crippen molar-refractivity contribution in [2.45, 2.75) is 29.9 Å². The van der Waals surface area contributed by atoms with E-state index in [0.717, 1.165) is 17.4 Å². The van der Waals surface area contributed by atoms with Gasteiger partial charge in [-0.2, -0.15) is 34.8 Å². The van der Waals surface area contributed by atoms with Crippen LogP contribution in [0.5, 0.6) is 5.75 Å². The monoisotopic (exact) mass is 461 g/mol. The Morgan fingerprint density at radius 2 is 1.59 bits per heavy atom. The van der Waals surface area contributed by atoms with Crippen molar-refractivity contribution >= 4 is 27.4 Å². The maximum Gasteiger partial charge on any atom is 0.416 e. The quantitative estimate of drug-likeness (QED) is 0.516. The predicted octanol–water partition coefficient (Wildman–Crippen LogP) is 4.23. The number of rotatable bonds is 6. The molecule has 0 aliphatic heterocycles. The predicted molar refractivity (Wildman–Crippen MR) is 91.0 cm³/mol. The van der Waals surface area contributed by atoms with Crippen LogP contribution in [0, 0.1) is 0 Å². The minimum absolute atomic E-state index is 0.134. The number of hydrogen-bond donors (Lipinski definition) is 1. The maximum absolute atomic E-state index is 12.9. The molecule has 160 valence electrons. The number of carbonyl (C=O) groups excluding carboxylic acids is 1. The summed E-state index contributed by atoms with van der Waals surface area (Å²) in [6.45, 7) is 1.52. The molecule has 0 saturated carbocycles. The van der Waals surface area contributed by atoms with Gasteiger partial charge in [-0.25, -0.2) is 0 Å². The number of benzene rings is 1. The highest BCUT2D eigenvalue weighted by molar-refractivity contribution is 7.89. The standard InChI is InChI=1S/C16H13F6NO4S2/c1-9(24)23-5-4-13-2-3-14(28-13)29(25,26)27-12-7-10(15(17,18)19)6-11(8-12)16(20,21)22/h2-3,6-8H,4-5H2,1H3,(H,23,24). The first-order chi connectivity index (χ1) is 13.2. The Hall–Kier alpha value is -2.28. The van der Waals surface area contributed by atoms with Gasteiger partial charge in [0.05, 0.1) is 11.1 Å². The molecule has 0 atom stereocenters. The van der Waals surface area contributed by atoms with Gasteiger partial charge in [-0.05, 0) is 36.8 Å². The Bertz CT molecular complexity index is 963. The van der Waals surface area contributed by atoms with Gasteiger partial charge in [0.1, 0.15) is 5.75 Å². The minimum Gasteiger partial charge on any atom is -0.378 e. The molecule has 2 aromatic rings. The number of thiophene rings is 1. The van der Waals surface area contributed by atoms with E-state index in [9.17, 15) is 39.6 Å². The van der Waals surface area contributed by atoms with Crippen LogP contribution in [-0.4, -0.2) is 20.9 Å². The molecule has 0 spiro atoms. The lowest BCUT2D eigenvalue weighted by atomic mass is 10.1. The van der Waals surface area contributed by atoms with Crippen LogP contribution < -0.4 is 9.50 Å². The summed E-state index contributed by atoms with van der Waals surface area (Å²) in [5, 5.41) is 2.50. The second kappa shape index (κ2) is 8.22. The molecule has 0 radical (unpaired) electrons. The number of halogens is 6. The summed E-state index contributed by atoms with van der Waals surface area (Å²) in [6.07, 6.45) is -9.99. The molecule has 5 nitrogen and oxygen atoms in total. The Morgan fingerprint density at radius 1 is 1.03 bits per heavy atom. The highest BCUT2D eigenvalue weighted by Gasteiger charge is 2.37. The Kier molecular flexibility index (Phi) is 6.52. The molecular weight excluding hydrogens is 448 g/mol. The Labute approximate surface area is 165 Å². The molecule has 1 aromatic carbocycles. The summed E-state index contributed by atoms with van der Waals surface area (Å²) in [6, 6.07) is 2.73. The van der Waals surface area contributed by atoms with E-state index in [1.54, 1.807) is 0 Å². The van der Waals surface area contributed by atoms with Crippen molar-refractivity contribution in [2.75, 3.05) is 6.54 Å². The molecule has 1 aromatic heterocycles. The molecule has 0 fully saturated rings. The largest absolute Gasteiger partial charge is 0.416 e. The van der Waals surface area contributed by atoms with Gasteiger partial charge in [0.15, 0.2) is 4.21 Å². The van der Waals surface area contributed by atoms with Crippen LogP contribution in [-0.2, 0) is 33.7 Å². The van der Waals surface area contributed by atoms with Gasteiger partial charge in [0.2, 0.25) is 5.91 Å². The van der Waals surface area contributed by atoms with Gasteiger partial charge in [0, 0.05) is 18.3 Å². The summed E-state index contributed by atoms with van der Waals surface area (Å²) in [5.74, 6) is -1.40. The van der Waals surface area contributed by atoms with Crippen molar-refractivity contribution in [3.8, 4) is 5.75 Å². The van der Waals surface area contributed by atoms with E-state index in [1.165, 1.54) is 13.0 Å². The minimum atomic E-state index is -5.14. The fraction of sp³-hybridized carbons (Fsp3) is 0.312. The second-order valence-corrected chi connectivity index (χ2v) is 8.67. The van der Waals surface area contributed by atoms with E-state index in [-0.39, 0.29) is 37.1 Å². The van der Waals surface area contributed by atoms with Gasteiger partial charge >= 0.3 is 22.5 Å². The van der Waals surface area contributed by atoms with Crippen molar-refractivity contribution in [1.29, 1.82) is 0 Å². The first-order valence-electron chi connectivity index (χ1n) is 7.75. The third kappa shape index (κ3) is 6.35. The second-order valence-electron chi connectivity index (χ2n) is 5.73. The van der Waals surface area contributed by atoms with Crippen LogP contribution in [0.25, 0.3) is 0 Å². The third-order valence-corrected chi connectivity index (χ3v) is 6.24. The zero-order valence-corrected chi connectivity index (χ0v) is 16.2. The molecule has 1 heterocycles. The molecule has 0 aliphatic carbocycles. The van der Waals surface area contributed by atoms with Gasteiger partial charge in [-0.15, -0.1) is 11.3 Å². The summed E-state index contributed by atoms with van der Waals surface area (Å²) in [4.78, 5) is 11.3. The Morgan fingerprint density at radius 3 is 2.07 bits per heavy atom. The fourth-order valence-electron chi connectivity index (χ4n) is 2.13. The topological polar surface area (TPSA) is 72.5 Å². The summed E-state index contributed by atoms with van der Waals surface area (Å²) in [5.41, 5.74) is -3.39. The van der Waals surface area contributed by atoms with Crippen LogP contribution in [0.2, 0.25) is 0 Å². The molecule has 0 bridgehead atoms. The van der Waals surface area contributed by atoms with Gasteiger partial charge < -0.3 is 9.50 Å². The van der Waals surface area contributed by atoms with Crippen LogP contribution in [0.4, 0.5) is 26.3 Å². The van der Waals surface area contributed by atoms with E-state index in [2.05, 4.69) is 9.50 Å². The highest BCUT2D eigenvalue weighted by atomic mass is 32.3. The van der Waals surface area contributed by atoms with Crippen molar-refractivity contribution in [1.82, 2.24) is 5.32 Å². The maximum atomic E-state index is 12.9. The zero-order valence-electron chi connectivity index (χ0n) is 14.5. The lowest BCUT2D eigenvalue weighted by Gasteiger charge is -2.14. The zero-order chi connectivity index (χ0) is 22.0. The van der Waals surface area contributed by atoms with E-state index >= 15 is 0 Å². The molecular formula is C16H13F6NO4S2. The number of amides is 1. The molecule has 1 N–H and O–H groups in total. The summed E-state index contributed by atoms with van der Waals surface area (Å²) >= 11 is 0.722. The molecule has 0 saturated heterocycles. The van der Waals surface area contributed by atoms with Crippen molar-refractivity contribution in [3.63, 3.8) is 0 Å². The van der Waals surface area contributed by atoms with Gasteiger partial charge in [0.25, 0.3) is 0 Å². The molecule has 2 rings (SSSR count). The van der Waals surface area contributed by atoms with Crippen LogP contribution in [0.3, 0.4) is 0 Å². The summed E-state index contributed by atoms with van der Waals surface area (Å²) in [7, 11) is -4.66. The average Bonchev–Trinajstić information content (AvgIpc) is 3.02. The smallest absolute Gasteiger partial charge is 0.378 e. The van der Waals surface area contributed by atoms with Crippen LogP contribution >= 0.6 is 11.3 Å². The van der Waals surface area contributed by atoms with Crippen molar-refractivity contribution < 1.29 is 43.7 Å².